The average Bonchev–Trinajstić information content (AvgIpc) is 2.75. The molecule has 3 heteroatoms. The summed E-state index contributed by atoms with van der Waals surface area (Å²) >= 11 is 0. The van der Waals surface area contributed by atoms with Gasteiger partial charge in [0.15, 0.2) is 0 Å². The number of fused-ring (bicyclic) bond motifs is 2. The highest BCUT2D eigenvalue weighted by Crippen LogP contribution is 2.46. The molecule has 86 valence electrons. The number of hydrogen-bond donors (Lipinski definition) is 1. The summed E-state index contributed by atoms with van der Waals surface area (Å²) in [5, 5.41) is 0. The lowest BCUT2D eigenvalue weighted by Gasteiger charge is -2.41. The minimum Gasteiger partial charge on any atom is -0.369 e. The van der Waals surface area contributed by atoms with Gasteiger partial charge in [0.1, 0.15) is 5.82 Å². The van der Waals surface area contributed by atoms with Gasteiger partial charge >= 0.3 is 0 Å². The standard InChI is InChI=1S/C13H17FN2/c1-16-11-7-3-4-8(11)12(15)9-5-2-6-10(14)13(9)16/h2,5-6,8,11-12H,3-4,7,15H2,1H3. The molecule has 0 bridgehead atoms. The second kappa shape index (κ2) is 3.45. The fourth-order valence-corrected chi connectivity index (χ4v) is 3.44. The molecule has 16 heavy (non-hydrogen) atoms. The van der Waals surface area contributed by atoms with E-state index in [0.717, 1.165) is 17.7 Å². The molecule has 0 saturated heterocycles. The highest BCUT2D eigenvalue weighted by atomic mass is 19.1. The van der Waals surface area contributed by atoms with E-state index in [1.54, 1.807) is 6.07 Å². The summed E-state index contributed by atoms with van der Waals surface area (Å²) in [7, 11) is 2.00. The third kappa shape index (κ3) is 1.21. The summed E-state index contributed by atoms with van der Waals surface area (Å²) in [6.07, 6.45) is 3.53. The van der Waals surface area contributed by atoms with Crippen LogP contribution in [0.1, 0.15) is 30.9 Å². The maximum absolute atomic E-state index is 13.9. The van der Waals surface area contributed by atoms with Crippen molar-refractivity contribution in [3.05, 3.63) is 29.6 Å². The molecular formula is C13H17FN2. The lowest BCUT2D eigenvalue weighted by atomic mass is 9.83. The quantitative estimate of drug-likeness (QED) is 0.727. The van der Waals surface area contributed by atoms with Crippen LogP contribution in [0.5, 0.6) is 0 Å². The number of hydrogen-bond acceptors (Lipinski definition) is 2. The second-order valence-corrected chi connectivity index (χ2v) is 4.98. The molecule has 3 atom stereocenters. The number of halogens is 1. The zero-order valence-electron chi connectivity index (χ0n) is 9.49. The van der Waals surface area contributed by atoms with E-state index in [9.17, 15) is 4.39 Å². The maximum Gasteiger partial charge on any atom is 0.146 e. The van der Waals surface area contributed by atoms with Crippen LogP contribution < -0.4 is 10.6 Å². The van der Waals surface area contributed by atoms with Crippen LogP contribution in [0, 0.1) is 11.7 Å². The molecule has 1 aliphatic heterocycles. The van der Waals surface area contributed by atoms with Crippen molar-refractivity contribution in [2.45, 2.75) is 31.3 Å². The Morgan fingerprint density at radius 3 is 3.00 bits per heavy atom. The van der Waals surface area contributed by atoms with Crippen LogP contribution in [0.15, 0.2) is 18.2 Å². The van der Waals surface area contributed by atoms with Crippen LogP contribution in [0.25, 0.3) is 0 Å². The average molecular weight is 220 g/mol. The maximum atomic E-state index is 13.9. The van der Waals surface area contributed by atoms with Gasteiger partial charge in [0.25, 0.3) is 0 Å². The highest BCUT2D eigenvalue weighted by molar-refractivity contribution is 5.59. The molecule has 1 heterocycles. The number of nitrogens with zero attached hydrogens (tertiary/aromatic N) is 1. The molecule has 1 aromatic rings. The second-order valence-electron chi connectivity index (χ2n) is 4.98. The predicted molar refractivity (Wildman–Crippen MR) is 62.9 cm³/mol. The Morgan fingerprint density at radius 2 is 2.19 bits per heavy atom. The topological polar surface area (TPSA) is 29.3 Å². The summed E-state index contributed by atoms with van der Waals surface area (Å²) in [6, 6.07) is 5.69. The van der Waals surface area contributed by atoms with Gasteiger partial charge in [0.05, 0.1) is 5.69 Å². The van der Waals surface area contributed by atoms with Gasteiger partial charge in [-0.3, -0.25) is 0 Å². The van der Waals surface area contributed by atoms with Crippen molar-refractivity contribution in [3.8, 4) is 0 Å². The van der Waals surface area contributed by atoms with Crippen molar-refractivity contribution in [3.63, 3.8) is 0 Å². The number of anilines is 1. The van der Waals surface area contributed by atoms with Crippen LogP contribution in [0.4, 0.5) is 10.1 Å². The van der Waals surface area contributed by atoms with Crippen molar-refractivity contribution < 1.29 is 4.39 Å². The van der Waals surface area contributed by atoms with Crippen LogP contribution in [-0.4, -0.2) is 13.1 Å². The number of benzene rings is 1. The van der Waals surface area contributed by atoms with Crippen molar-refractivity contribution >= 4 is 5.69 Å². The first-order valence-electron chi connectivity index (χ1n) is 5.97. The van der Waals surface area contributed by atoms with Crippen LogP contribution >= 0.6 is 0 Å². The van der Waals surface area contributed by atoms with Gasteiger partial charge in [-0.25, -0.2) is 4.39 Å². The van der Waals surface area contributed by atoms with Crippen LogP contribution in [0.3, 0.4) is 0 Å². The lowest BCUT2D eigenvalue weighted by Crippen LogP contribution is -2.44. The molecule has 0 amide bonds. The number of para-hydroxylation sites is 1. The molecule has 1 saturated carbocycles. The highest BCUT2D eigenvalue weighted by Gasteiger charge is 2.41. The Balaban J connectivity index is 2.15. The van der Waals surface area contributed by atoms with E-state index in [4.69, 9.17) is 5.73 Å². The van der Waals surface area contributed by atoms with Gasteiger partial charge in [0, 0.05) is 19.1 Å². The minimum atomic E-state index is -0.138. The Morgan fingerprint density at radius 1 is 1.38 bits per heavy atom. The minimum absolute atomic E-state index is 0.00870. The lowest BCUT2D eigenvalue weighted by molar-refractivity contribution is 0.365. The molecular weight excluding hydrogens is 203 g/mol. The van der Waals surface area contributed by atoms with Gasteiger partial charge in [-0.2, -0.15) is 0 Å². The van der Waals surface area contributed by atoms with E-state index in [0.29, 0.717) is 12.0 Å². The van der Waals surface area contributed by atoms with Gasteiger partial charge in [-0.1, -0.05) is 18.6 Å². The van der Waals surface area contributed by atoms with Gasteiger partial charge in [-0.15, -0.1) is 0 Å². The van der Waals surface area contributed by atoms with Gasteiger partial charge < -0.3 is 10.6 Å². The summed E-state index contributed by atoms with van der Waals surface area (Å²) in [6.45, 7) is 0. The zero-order valence-corrected chi connectivity index (χ0v) is 9.49. The SMILES string of the molecule is CN1c2c(F)cccc2C(N)C2CCCC21. The first-order chi connectivity index (χ1) is 7.70. The fraction of sp³-hybridized carbons (Fsp3) is 0.538. The molecule has 0 aromatic heterocycles. The summed E-state index contributed by atoms with van der Waals surface area (Å²) < 4.78 is 13.9. The molecule has 3 unspecified atom stereocenters. The monoisotopic (exact) mass is 220 g/mol. The molecule has 3 rings (SSSR count). The predicted octanol–water partition coefficient (Wildman–Crippen LogP) is 2.44. The molecule has 2 nitrogen and oxygen atoms in total. The molecule has 1 aromatic carbocycles. The van der Waals surface area contributed by atoms with E-state index in [2.05, 4.69) is 4.90 Å². The van der Waals surface area contributed by atoms with Gasteiger partial charge in [-0.05, 0) is 30.4 Å². The van der Waals surface area contributed by atoms with Crippen molar-refractivity contribution in [2.24, 2.45) is 11.7 Å². The van der Waals surface area contributed by atoms with Gasteiger partial charge in [0.2, 0.25) is 0 Å². The molecule has 0 spiro atoms. The zero-order chi connectivity index (χ0) is 11.3. The summed E-state index contributed by atoms with van der Waals surface area (Å²) in [5.74, 6) is 0.361. The summed E-state index contributed by atoms with van der Waals surface area (Å²) in [4.78, 5) is 2.10. The Labute approximate surface area is 95.2 Å². The number of rotatable bonds is 0. The molecule has 1 aliphatic carbocycles. The van der Waals surface area contributed by atoms with Crippen LogP contribution in [0.2, 0.25) is 0 Å². The van der Waals surface area contributed by atoms with E-state index in [-0.39, 0.29) is 11.9 Å². The Bertz CT molecular complexity index is 418. The third-order valence-corrected chi connectivity index (χ3v) is 4.22. The first kappa shape index (κ1) is 10.1. The van der Waals surface area contributed by atoms with Crippen LogP contribution in [-0.2, 0) is 0 Å². The fourth-order valence-electron chi connectivity index (χ4n) is 3.44. The largest absolute Gasteiger partial charge is 0.369 e. The summed E-state index contributed by atoms with van der Waals surface area (Å²) in [5.41, 5.74) is 7.97. The third-order valence-electron chi connectivity index (χ3n) is 4.22. The van der Waals surface area contributed by atoms with Crippen molar-refractivity contribution in [1.82, 2.24) is 0 Å². The first-order valence-corrected chi connectivity index (χ1v) is 5.97. The molecule has 2 N–H and O–H groups in total. The smallest absolute Gasteiger partial charge is 0.146 e. The van der Waals surface area contributed by atoms with E-state index in [1.807, 2.05) is 13.1 Å². The van der Waals surface area contributed by atoms with E-state index < -0.39 is 0 Å². The molecule has 1 fully saturated rings. The molecule has 2 aliphatic rings. The Kier molecular flexibility index (Phi) is 2.18. The van der Waals surface area contributed by atoms with Crippen molar-refractivity contribution in [1.29, 1.82) is 0 Å². The number of nitrogens with two attached hydrogens (primary N) is 1. The Hall–Kier alpha value is -1.09. The van der Waals surface area contributed by atoms with E-state index >= 15 is 0 Å². The normalized spacial score (nSPS) is 32.4. The molecule has 0 radical (unpaired) electrons. The van der Waals surface area contributed by atoms with Crippen molar-refractivity contribution in [2.75, 3.05) is 11.9 Å². The van der Waals surface area contributed by atoms with E-state index in [1.165, 1.54) is 18.9 Å².